The molecule has 5 heteroatoms. The Kier molecular flexibility index (Phi) is 1.27. The first-order valence-electron chi connectivity index (χ1n) is 7.91. The molecular formula is C15H12N5+. The van der Waals surface area contributed by atoms with E-state index in [4.69, 9.17) is 4.11 Å². The molecule has 0 radical (unpaired) electrons. The second kappa shape index (κ2) is 3.25. The van der Waals surface area contributed by atoms with Crippen LogP contribution in [0.2, 0.25) is 0 Å². The van der Waals surface area contributed by atoms with E-state index in [0.29, 0.717) is 23.5 Å². The van der Waals surface area contributed by atoms with Gasteiger partial charge in [0.15, 0.2) is 5.52 Å². The van der Waals surface area contributed by atoms with Crippen molar-refractivity contribution in [3.63, 3.8) is 0 Å². The van der Waals surface area contributed by atoms with Crippen molar-refractivity contribution in [2.24, 2.45) is 6.98 Å². The third-order valence-electron chi connectivity index (χ3n) is 3.91. The highest BCUT2D eigenvalue weighted by Crippen LogP contribution is 2.31. The lowest BCUT2D eigenvalue weighted by atomic mass is 10.2. The summed E-state index contributed by atoms with van der Waals surface area (Å²) >= 11 is 0. The second-order valence-electron chi connectivity index (χ2n) is 4.95. The van der Waals surface area contributed by atoms with Crippen molar-refractivity contribution in [1.29, 1.82) is 0 Å². The van der Waals surface area contributed by atoms with Crippen LogP contribution < -0.4 is 4.40 Å². The number of aryl methyl sites for hydroxylation is 1. The number of fused-ring (bicyclic) bond motifs is 7. The SMILES string of the molecule is [2H]C([2H])([2H])n1c2cccnc2[n+]2cc3n(c12)Cc1ncccc1-3. The minimum Gasteiger partial charge on any atom is -0.258 e. The number of hydrogen-bond acceptors (Lipinski definition) is 2. The maximum Gasteiger partial charge on any atom is 0.329 e. The van der Waals surface area contributed by atoms with Crippen LogP contribution in [0, 0.1) is 0 Å². The third kappa shape index (κ3) is 1.02. The Bertz CT molecular complexity index is 1090. The van der Waals surface area contributed by atoms with E-state index in [1.165, 1.54) is 4.57 Å². The number of aromatic nitrogens is 5. The van der Waals surface area contributed by atoms with Crippen LogP contribution in [0.1, 0.15) is 9.81 Å². The van der Waals surface area contributed by atoms with Crippen LogP contribution in [-0.2, 0) is 13.5 Å². The van der Waals surface area contributed by atoms with Gasteiger partial charge in [-0.25, -0.2) is 9.13 Å². The Labute approximate surface area is 119 Å². The topological polar surface area (TPSA) is 39.7 Å². The zero-order valence-electron chi connectivity index (χ0n) is 13.5. The van der Waals surface area contributed by atoms with Crippen LogP contribution in [0.4, 0.5) is 0 Å². The van der Waals surface area contributed by atoms with E-state index >= 15 is 0 Å². The van der Waals surface area contributed by atoms with Crippen LogP contribution in [0.15, 0.2) is 42.9 Å². The van der Waals surface area contributed by atoms with E-state index in [1.807, 2.05) is 27.3 Å². The van der Waals surface area contributed by atoms with Gasteiger partial charge in [-0.05, 0) is 24.3 Å². The molecule has 0 spiro atoms. The quantitative estimate of drug-likeness (QED) is 0.398. The predicted molar refractivity (Wildman–Crippen MR) is 74.2 cm³/mol. The summed E-state index contributed by atoms with van der Waals surface area (Å²) in [6, 6.07) is 7.45. The fourth-order valence-electron chi connectivity index (χ4n) is 3.05. The minimum atomic E-state index is -2.28. The molecule has 0 bridgehead atoms. The lowest BCUT2D eigenvalue weighted by molar-refractivity contribution is -0.482. The van der Waals surface area contributed by atoms with E-state index in [-0.39, 0.29) is 0 Å². The highest BCUT2D eigenvalue weighted by molar-refractivity contribution is 5.74. The van der Waals surface area contributed by atoms with Gasteiger partial charge in [-0.15, -0.1) is 4.98 Å². The zero-order chi connectivity index (χ0) is 15.8. The average Bonchev–Trinajstić information content (AvgIpc) is 3.13. The molecule has 1 aliphatic heterocycles. The second-order valence-corrected chi connectivity index (χ2v) is 4.95. The van der Waals surface area contributed by atoms with Crippen LogP contribution in [0.25, 0.3) is 28.2 Å². The molecule has 1 aliphatic rings. The van der Waals surface area contributed by atoms with Crippen LogP contribution >= 0.6 is 0 Å². The Morgan fingerprint density at radius 1 is 1.25 bits per heavy atom. The summed E-state index contributed by atoms with van der Waals surface area (Å²) in [5.74, 6) is 0.603. The molecule has 20 heavy (non-hydrogen) atoms. The Balaban J connectivity index is 1.97. The van der Waals surface area contributed by atoms with E-state index in [0.717, 1.165) is 17.0 Å². The maximum atomic E-state index is 7.94. The smallest absolute Gasteiger partial charge is 0.258 e. The predicted octanol–water partition coefficient (Wildman–Crippen LogP) is 1.54. The zero-order valence-corrected chi connectivity index (χ0v) is 10.5. The summed E-state index contributed by atoms with van der Waals surface area (Å²) in [7, 11) is 0. The van der Waals surface area contributed by atoms with Crippen molar-refractivity contribution >= 4 is 16.9 Å². The van der Waals surface area contributed by atoms with Gasteiger partial charge in [0.25, 0.3) is 5.65 Å². The lowest BCUT2D eigenvalue weighted by Gasteiger charge is -1.94. The van der Waals surface area contributed by atoms with Gasteiger partial charge in [0.2, 0.25) is 0 Å². The van der Waals surface area contributed by atoms with Gasteiger partial charge in [-0.3, -0.25) is 4.98 Å². The van der Waals surface area contributed by atoms with Gasteiger partial charge < -0.3 is 0 Å². The monoisotopic (exact) mass is 265 g/mol. The number of rotatable bonds is 0. The molecule has 5 heterocycles. The van der Waals surface area contributed by atoms with Gasteiger partial charge in [0.05, 0.1) is 22.2 Å². The first kappa shape index (κ1) is 7.79. The van der Waals surface area contributed by atoms with Crippen molar-refractivity contribution in [3.05, 3.63) is 48.5 Å². The number of hydrogen-bond donors (Lipinski definition) is 0. The normalized spacial score (nSPS) is 15.9. The molecule has 5 rings (SSSR count). The molecule has 0 saturated carbocycles. The van der Waals surface area contributed by atoms with Crippen molar-refractivity contribution in [3.8, 4) is 11.3 Å². The summed E-state index contributed by atoms with van der Waals surface area (Å²) in [5, 5.41) is 0. The van der Waals surface area contributed by atoms with E-state index in [9.17, 15) is 0 Å². The summed E-state index contributed by atoms with van der Waals surface area (Å²) in [6.45, 7) is -1.72. The number of nitrogens with zero attached hydrogens (tertiary/aromatic N) is 5. The summed E-state index contributed by atoms with van der Waals surface area (Å²) < 4.78 is 29.1. The number of imidazole rings is 2. The van der Waals surface area contributed by atoms with Crippen LogP contribution in [-0.4, -0.2) is 19.1 Å². The molecule has 0 saturated heterocycles. The number of pyridine rings is 2. The van der Waals surface area contributed by atoms with Crippen LogP contribution in [0.3, 0.4) is 0 Å². The van der Waals surface area contributed by atoms with Gasteiger partial charge in [-0.2, -0.15) is 4.40 Å². The summed E-state index contributed by atoms with van der Waals surface area (Å²) in [4.78, 5) is 8.78. The largest absolute Gasteiger partial charge is 0.329 e. The first-order valence-corrected chi connectivity index (χ1v) is 6.41. The Hall–Kier alpha value is -2.69. The van der Waals surface area contributed by atoms with Crippen LogP contribution in [0.5, 0.6) is 0 Å². The standard InChI is InChI=1S/C15H12N5/c1-18-12-5-3-7-17-14(12)20-9-13-10-4-2-6-16-11(10)8-19(13)15(18)20/h2-7,9H,8H2,1H3/q+1/i1D3. The summed E-state index contributed by atoms with van der Waals surface area (Å²) in [6.07, 6.45) is 5.38. The molecule has 0 atom stereocenters. The highest BCUT2D eigenvalue weighted by Gasteiger charge is 2.30. The van der Waals surface area contributed by atoms with E-state index in [2.05, 4.69) is 9.97 Å². The van der Waals surface area contributed by atoms with Gasteiger partial charge in [-0.1, -0.05) is 0 Å². The molecule has 96 valence electrons. The highest BCUT2D eigenvalue weighted by atomic mass is 15.3. The molecule has 5 nitrogen and oxygen atoms in total. The van der Waals surface area contributed by atoms with Crippen molar-refractivity contribution in [2.75, 3.05) is 0 Å². The molecule has 4 aromatic rings. The van der Waals surface area contributed by atoms with Crippen molar-refractivity contribution in [1.82, 2.24) is 19.1 Å². The first-order chi connectivity index (χ1) is 11.1. The van der Waals surface area contributed by atoms with E-state index in [1.54, 1.807) is 24.5 Å². The molecular weight excluding hydrogens is 250 g/mol. The van der Waals surface area contributed by atoms with Gasteiger partial charge in [0.1, 0.15) is 12.2 Å². The van der Waals surface area contributed by atoms with Gasteiger partial charge in [0, 0.05) is 18.7 Å². The maximum absolute atomic E-state index is 7.94. The molecule has 0 amide bonds. The fourth-order valence-corrected chi connectivity index (χ4v) is 3.05. The average molecular weight is 265 g/mol. The van der Waals surface area contributed by atoms with Gasteiger partial charge >= 0.3 is 5.78 Å². The Morgan fingerprint density at radius 3 is 3.10 bits per heavy atom. The molecule has 4 aromatic heterocycles. The summed E-state index contributed by atoms with van der Waals surface area (Å²) in [5.41, 5.74) is 4.21. The van der Waals surface area contributed by atoms with Crippen molar-refractivity contribution < 1.29 is 8.51 Å². The minimum absolute atomic E-state index is 0.564. The fraction of sp³-hybridized carbons (Fsp3) is 0.133. The molecule has 0 fully saturated rings. The molecule has 0 unspecified atom stereocenters. The lowest BCUT2D eigenvalue weighted by Crippen LogP contribution is -2.19. The Morgan fingerprint density at radius 2 is 2.15 bits per heavy atom. The molecule has 0 aliphatic carbocycles. The molecule has 0 aromatic carbocycles. The van der Waals surface area contributed by atoms with Crippen molar-refractivity contribution in [2.45, 2.75) is 6.54 Å². The third-order valence-corrected chi connectivity index (χ3v) is 3.91. The van der Waals surface area contributed by atoms with E-state index < -0.39 is 6.98 Å². The molecule has 0 N–H and O–H groups in total.